The Morgan fingerprint density at radius 1 is 1.18 bits per heavy atom. The zero-order valence-corrected chi connectivity index (χ0v) is 17.9. The van der Waals surface area contributed by atoms with Crippen molar-refractivity contribution < 1.29 is 17.9 Å². The van der Waals surface area contributed by atoms with Crippen molar-refractivity contribution in [3.63, 3.8) is 0 Å². The molecular formula is C20H22N2O4S2. The highest BCUT2D eigenvalue weighted by molar-refractivity contribution is 7.90. The third kappa shape index (κ3) is 4.24. The van der Waals surface area contributed by atoms with Crippen molar-refractivity contribution in [2.45, 2.75) is 25.3 Å². The first kappa shape index (κ1) is 20.4. The molecule has 8 heteroatoms. The number of sulfone groups is 1. The fourth-order valence-corrected chi connectivity index (χ4v) is 4.73. The quantitative estimate of drug-likeness (QED) is 0.638. The largest absolute Gasteiger partial charge is 0.383 e. The number of aromatic nitrogens is 1. The van der Waals surface area contributed by atoms with Gasteiger partial charge in [0.15, 0.2) is 14.6 Å². The zero-order chi connectivity index (χ0) is 20.5. The third-order valence-electron chi connectivity index (χ3n) is 4.36. The fourth-order valence-electron chi connectivity index (χ4n) is 2.99. The Balaban J connectivity index is 2.09. The Bertz CT molecular complexity index is 1200. The van der Waals surface area contributed by atoms with Crippen LogP contribution < -0.4 is 4.80 Å². The van der Waals surface area contributed by atoms with E-state index in [0.29, 0.717) is 23.5 Å². The van der Waals surface area contributed by atoms with Gasteiger partial charge in [0.2, 0.25) is 0 Å². The van der Waals surface area contributed by atoms with Crippen molar-refractivity contribution in [3.05, 3.63) is 57.9 Å². The average Bonchev–Trinajstić information content (AvgIpc) is 2.96. The molecule has 0 saturated heterocycles. The number of ether oxygens (including phenoxy) is 1. The molecule has 0 aliphatic carbocycles. The van der Waals surface area contributed by atoms with Crippen molar-refractivity contribution in [1.82, 2.24) is 4.57 Å². The molecule has 0 radical (unpaired) electrons. The van der Waals surface area contributed by atoms with Gasteiger partial charge in [-0.15, -0.1) is 0 Å². The first-order valence-electron chi connectivity index (χ1n) is 8.69. The minimum Gasteiger partial charge on any atom is -0.383 e. The number of hydrogen-bond donors (Lipinski definition) is 0. The van der Waals surface area contributed by atoms with Gasteiger partial charge in [-0.25, -0.2) is 8.42 Å². The van der Waals surface area contributed by atoms with Crippen molar-refractivity contribution in [3.8, 4) is 0 Å². The number of amides is 1. The Labute approximate surface area is 168 Å². The molecule has 2 aromatic carbocycles. The van der Waals surface area contributed by atoms with Gasteiger partial charge >= 0.3 is 0 Å². The van der Waals surface area contributed by atoms with Crippen LogP contribution in [0.5, 0.6) is 0 Å². The van der Waals surface area contributed by atoms with Gasteiger partial charge in [-0.1, -0.05) is 17.4 Å². The minimum atomic E-state index is -3.31. The molecule has 0 N–H and O–H groups in total. The number of hydrogen-bond acceptors (Lipinski definition) is 5. The third-order valence-corrected chi connectivity index (χ3v) is 6.72. The van der Waals surface area contributed by atoms with Gasteiger partial charge in [-0.05, 0) is 55.3 Å². The highest BCUT2D eigenvalue weighted by Crippen LogP contribution is 2.23. The van der Waals surface area contributed by atoms with Crippen LogP contribution in [0.1, 0.15) is 21.5 Å². The van der Waals surface area contributed by atoms with Crippen LogP contribution >= 0.6 is 11.3 Å². The van der Waals surface area contributed by atoms with Crippen molar-refractivity contribution in [1.29, 1.82) is 0 Å². The second kappa shape index (κ2) is 7.98. The normalized spacial score (nSPS) is 12.6. The molecule has 1 amide bonds. The van der Waals surface area contributed by atoms with E-state index in [4.69, 9.17) is 4.74 Å². The molecule has 1 heterocycles. The molecule has 0 spiro atoms. The van der Waals surface area contributed by atoms with Crippen LogP contribution in [-0.2, 0) is 21.1 Å². The summed E-state index contributed by atoms with van der Waals surface area (Å²) in [5, 5.41) is 0. The monoisotopic (exact) mass is 418 g/mol. The molecule has 28 heavy (non-hydrogen) atoms. The van der Waals surface area contributed by atoms with E-state index >= 15 is 0 Å². The number of thiazole rings is 1. The lowest BCUT2D eigenvalue weighted by molar-refractivity contribution is 0.0997. The molecule has 1 aromatic heterocycles. The maximum absolute atomic E-state index is 12.7. The molecule has 0 bridgehead atoms. The molecule has 6 nitrogen and oxygen atoms in total. The number of benzene rings is 2. The maximum Gasteiger partial charge on any atom is 0.279 e. The Kier molecular flexibility index (Phi) is 5.83. The number of rotatable bonds is 5. The number of carbonyl (C=O) groups excluding carboxylic acids is 1. The minimum absolute atomic E-state index is 0.173. The highest BCUT2D eigenvalue weighted by Gasteiger charge is 2.13. The summed E-state index contributed by atoms with van der Waals surface area (Å²) >= 11 is 1.46. The average molecular weight is 419 g/mol. The summed E-state index contributed by atoms with van der Waals surface area (Å²) in [4.78, 5) is 17.8. The van der Waals surface area contributed by atoms with Crippen LogP contribution in [0.2, 0.25) is 0 Å². The lowest BCUT2D eigenvalue weighted by Crippen LogP contribution is -2.19. The van der Waals surface area contributed by atoms with Crippen LogP contribution in [-0.4, -0.2) is 38.9 Å². The van der Waals surface area contributed by atoms with Gasteiger partial charge in [0.1, 0.15) is 0 Å². The predicted molar refractivity (Wildman–Crippen MR) is 111 cm³/mol. The first-order chi connectivity index (χ1) is 13.2. The lowest BCUT2D eigenvalue weighted by atomic mass is 10.1. The van der Waals surface area contributed by atoms with Gasteiger partial charge in [0.25, 0.3) is 5.91 Å². The van der Waals surface area contributed by atoms with Crippen LogP contribution in [0.15, 0.2) is 46.3 Å². The number of methoxy groups -OCH3 is 1. The fraction of sp³-hybridized carbons (Fsp3) is 0.300. The predicted octanol–water partition coefficient (Wildman–Crippen LogP) is 3.11. The Morgan fingerprint density at radius 3 is 2.46 bits per heavy atom. The molecule has 148 valence electrons. The van der Waals surface area contributed by atoms with Crippen molar-refractivity contribution >= 4 is 37.3 Å². The van der Waals surface area contributed by atoms with E-state index in [0.717, 1.165) is 27.6 Å². The van der Waals surface area contributed by atoms with Crippen LogP contribution in [0.4, 0.5) is 0 Å². The van der Waals surface area contributed by atoms with Gasteiger partial charge in [0, 0.05) is 25.5 Å². The summed E-state index contributed by atoms with van der Waals surface area (Å²) in [6.07, 6.45) is 1.13. The number of aryl methyl sites for hydroxylation is 2. The Morgan fingerprint density at radius 2 is 1.86 bits per heavy atom. The molecule has 0 aliphatic rings. The van der Waals surface area contributed by atoms with E-state index < -0.39 is 15.7 Å². The number of carbonyl (C=O) groups is 1. The standard InChI is InChI=1S/C20H22N2O4S2/c1-13-11-14(2)18-17(12-13)22(9-10-26-3)20(27-18)21-19(23)15-5-7-16(8-6-15)28(4,24)25/h5-8,11-12H,9-10H2,1-4H3. The summed E-state index contributed by atoms with van der Waals surface area (Å²) in [7, 11) is -1.67. The summed E-state index contributed by atoms with van der Waals surface area (Å²) < 4.78 is 31.5. The summed E-state index contributed by atoms with van der Waals surface area (Å²) in [5.41, 5.74) is 3.65. The highest BCUT2D eigenvalue weighted by atomic mass is 32.2. The number of fused-ring (bicyclic) bond motifs is 1. The van der Waals surface area contributed by atoms with Crippen LogP contribution in [0.25, 0.3) is 10.2 Å². The number of nitrogens with zero attached hydrogens (tertiary/aromatic N) is 2. The van der Waals surface area contributed by atoms with Crippen molar-refractivity contribution in [2.24, 2.45) is 4.99 Å². The molecule has 3 rings (SSSR count). The first-order valence-corrected chi connectivity index (χ1v) is 11.4. The molecule has 0 aliphatic heterocycles. The maximum atomic E-state index is 12.7. The second-order valence-electron chi connectivity index (χ2n) is 6.67. The summed E-state index contributed by atoms with van der Waals surface area (Å²) in [6.45, 7) is 5.17. The van der Waals surface area contributed by atoms with Gasteiger partial charge in [-0.3, -0.25) is 4.79 Å². The summed E-state index contributed by atoms with van der Waals surface area (Å²) in [5.74, 6) is -0.410. The topological polar surface area (TPSA) is 77.7 Å². The molecule has 0 saturated carbocycles. The van der Waals surface area contributed by atoms with E-state index in [-0.39, 0.29) is 4.90 Å². The molecular weight excluding hydrogens is 396 g/mol. The van der Waals surface area contributed by atoms with Gasteiger partial charge < -0.3 is 9.30 Å². The van der Waals surface area contributed by atoms with Gasteiger partial charge in [0.05, 0.1) is 21.7 Å². The lowest BCUT2D eigenvalue weighted by Gasteiger charge is -2.06. The van der Waals surface area contributed by atoms with Crippen LogP contribution in [0, 0.1) is 13.8 Å². The van der Waals surface area contributed by atoms with E-state index in [1.54, 1.807) is 7.11 Å². The molecule has 0 atom stereocenters. The molecule has 0 fully saturated rings. The van der Waals surface area contributed by atoms with E-state index in [1.165, 1.54) is 35.6 Å². The molecule has 0 unspecified atom stereocenters. The summed E-state index contributed by atoms with van der Waals surface area (Å²) in [6, 6.07) is 10.0. The SMILES string of the molecule is COCCn1c(=NC(=O)c2ccc(S(C)(=O)=O)cc2)sc2c(C)cc(C)cc21. The van der Waals surface area contributed by atoms with Gasteiger partial charge in [-0.2, -0.15) is 4.99 Å². The zero-order valence-electron chi connectivity index (χ0n) is 16.2. The van der Waals surface area contributed by atoms with E-state index in [9.17, 15) is 13.2 Å². The van der Waals surface area contributed by atoms with Crippen LogP contribution in [0.3, 0.4) is 0 Å². The smallest absolute Gasteiger partial charge is 0.279 e. The molecule has 3 aromatic rings. The Hall–Kier alpha value is -2.29. The second-order valence-corrected chi connectivity index (χ2v) is 9.67. The van der Waals surface area contributed by atoms with Crippen molar-refractivity contribution in [2.75, 3.05) is 20.0 Å². The van der Waals surface area contributed by atoms with E-state index in [1.807, 2.05) is 18.4 Å². The van der Waals surface area contributed by atoms with E-state index in [2.05, 4.69) is 17.1 Å².